The van der Waals surface area contributed by atoms with E-state index in [1.807, 2.05) is 41.6 Å². The van der Waals surface area contributed by atoms with Crippen molar-refractivity contribution in [2.45, 2.75) is 25.3 Å². The Morgan fingerprint density at radius 2 is 2.22 bits per heavy atom. The van der Waals surface area contributed by atoms with Gasteiger partial charge in [-0.15, -0.1) is 0 Å². The van der Waals surface area contributed by atoms with Crippen molar-refractivity contribution in [1.82, 2.24) is 14.9 Å². The molecule has 0 saturated carbocycles. The van der Waals surface area contributed by atoms with Gasteiger partial charge in [0.1, 0.15) is 0 Å². The van der Waals surface area contributed by atoms with Crippen molar-refractivity contribution in [3.63, 3.8) is 0 Å². The van der Waals surface area contributed by atoms with E-state index in [0.717, 1.165) is 41.5 Å². The van der Waals surface area contributed by atoms with E-state index in [0.29, 0.717) is 11.4 Å². The predicted octanol–water partition coefficient (Wildman–Crippen LogP) is 4.06. The van der Waals surface area contributed by atoms with Gasteiger partial charge in [-0.05, 0) is 42.7 Å². The molecule has 1 amide bonds. The third kappa shape index (κ3) is 2.63. The number of rotatable bonds is 3. The number of nitrogens with one attached hydrogen (secondary N) is 2. The molecule has 4 rings (SSSR count). The Morgan fingerprint density at radius 3 is 3.04 bits per heavy atom. The molecular formula is C18H18ClN3O. The van der Waals surface area contributed by atoms with E-state index in [1.165, 1.54) is 0 Å². The van der Waals surface area contributed by atoms with Crippen LogP contribution in [0.15, 0.2) is 42.7 Å². The molecule has 1 saturated heterocycles. The van der Waals surface area contributed by atoms with Gasteiger partial charge in [0, 0.05) is 40.6 Å². The highest BCUT2D eigenvalue weighted by Gasteiger charge is 2.30. The van der Waals surface area contributed by atoms with E-state index in [-0.39, 0.29) is 11.9 Å². The zero-order valence-electron chi connectivity index (χ0n) is 12.7. The SMILES string of the molecule is O=C(Cc1c[nH]c2cc(Cl)ccc12)N1CCCC1c1ccc[nH]1. The normalized spacial score (nSPS) is 18.0. The number of aromatic nitrogens is 2. The van der Waals surface area contributed by atoms with Gasteiger partial charge in [0.2, 0.25) is 5.91 Å². The topological polar surface area (TPSA) is 51.9 Å². The molecule has 1 fully saturated rings. The van der Waals surface area contributed by atoms with Crippen molar-refractivity contribution in [2.75, 3.05) is 6.54 Å². The number of nitrogens with zero attached hydrogens (tertiary/aromatic N) is 1. The lowest BCUT2D eigenvalue weighted by molar-refractivity contribution is -0.131. The Morgan fingerprint density at radius 1 is 1.30 bits per heavy atom. The van der Waals surface area contributed by atoms with Crippen LogP contribution in [0, 0.1) is 0 Å². The fourth-order valence-corrected chi connectivity index (χ4v) is 3.68. The largest absolute Gasteiger partial charge is 0.363 e. The molecule has 23 heavy (non-hydrogen) atoms. The molecule has 3 aromatic rings. The summed E-state index contributed by atoms with van der Waals surface area (Å²) in [5.74, 6) is 0.179. The lowest BCUT2D eigenvalue weighted by Gasteiger charge is -2.24. The fourth-order valence-electron chi connectivity index (χ4n) is 3.51. The summed E-state index contributed by atoms with van der Waals surface area (Å²) < 4.78 is 0. The first-order valence-electron chi connectivity index (χ1n) is 7.90. The standard InChI is InChI=1S/C18H18ClN3O/c19-13-5-6-14-12(11-21-16(14)10-13)9-18(23)22-8-2-4-17(22)15-3-1-7-20-15/h1,3,5-7,10-11,17,20-21H,2,4,8-9H2. The summed E-state index contributed by atoms with van der Waals surface area (Å²) in [6.45, 7) is 0.830. The molecule has 1 aromatic carbocycles. The maximum absolute atomic E-state index is 12.8. The van der Waals surface area contributed by atoms with Gasteiger partial charge in [0.15, 0.2) is 0 Å². The smallest absolute Gasteiger partial charge is 0.227 e. The summed E-state index contributed by atoms with van der Waals surface area (Å²) in [5.41, 5.74) is 3.13. The average Bonchev–Trinajstić information content (AvgIpc) is 3.27. The Bertz CT molecular complexity index is 837. The quantitative estimate of drug-likeness (QED) is 0.749. The first kappa shape index (κ1) is 14.4. The van der Waals surface area contributed by atoms with Gasteiger partial charge in [-0.1, -0.05) is 17.7 Å². The van der Waals surface area contributed by atoms with Crippen LogP contribution in [0.4, 0.5) is 0 Å². The number of benzene rings is 1. The van der Waals surface area contributed by atoms with Gasteiger partial charge < -0.3 is 14.9 Å². The molecule has 0 aliphatic carbocycles. The number of fused-ring (bicyclic) bond motifs is 1. The Balaban J connectivity index is 1.57. The zero-order valence-corrected chi connectivity index (χ0v) is 13.4. The summed E-state index contributed by atoms with van der Waals surface area (Å²) in [5, 5.41) is 1.77. The molecule has 118 valence electrons. The van der Waals surface area contributed by atoms with Gasteiger partial charge >= 0.3 is 0 Å². The highest BCUT2D eigenvalue weighted by molar-refractivity contribution is 6.31. The number of aromatic amines is 2. The summed E-state index contributed by atoms with van der Waals surface area (Å²) in [6, 6.07) is 9.95. The number of hydrogen-bond acceptors (Lipinski definition) is 1. The summed E-state index contributed by atoms with van der Waals surface area (Å²) >= 11 is 6.01. The van der Waals surface area contributed by atoms with Gasteiger partial charge in [-0.25, -0.2) is 0 Å². The van der Waals surface area contributed by atoms with E-state index in [9.17, 15) is 4.79 Å². The summed E-state index contributed by atoms with van der Waals surface area (Å²) in [6.07, 6.45) is 6.33. The van der Waals surface area contributed by atoms with Crippen LogP contribution < -0.4 is 0 Å². The van der Waals surface area contributed by atoms with Crippen molar-refractivity contribution < 1.29 is 4.79 Å². The molecule has 1 aliphatic rings. The number of hydrogen-bond donors (Lipinski definition) is 2. The molecule has 1 atom stereocenters. The van der Waals surface area contributed by atoms with E-state index in [4.69, 9.17) is 11.6 Å². The third-order valence-electron chi connectivity index (χ3n) is 4.63. The first-order chi connectivity index (χ1) is 11.2. The third-order valence-corrected chi connectivity index (χ3v) is 4.86. The Hall–Kier alpha value is -2.20. The highest BCUT2D eigenvalue weighted by atomic mass is 35.5. The van der Waals surface area contributed by atoms with E-state index >= 15 is 0 Å². The van der Waals surface area contributed by atoms with Crippen molar-refractivity contribution in [2.24, 2.45) is 0 Å². The van der Waals surface area contributed by atoms with Crippen LogP contribution in [0.5, 0.6) is 0 Å². The first-order valence-corrected chi connectivity index (χ1v) is 8.28. The van der Waals surface area contributed by atoms with E-state index in [1.54, 1.807) is 0 Å². The monoisotopic (exact) mass is 327 g/mol. The van der Waals surface area contributed by atoms with Gasteiger partial charge in [0.05, 0.1) is 12.5 Å². The Kier molecular flexibility index (Phi) is 3.62. The minimum atomic E-state index is 0.178. The molecule has 1 unspecified atom stereocenters. The fraction of sp³-hybridized carbons (Fsp3) is 0.278. The number of amides is 1. The lowest BCUT2D eigenvalue weighted by atomic mass is 10.1. The second-order valence-corrected chi connectivity index (χ2v) is 6.49. The van der Waals surface area contributed by atoms with E-state index in [2.05, 4.69) is 16.0 Å². The molecule has 2 N–H and O–H groups in total. The van der Waals surface area contributed by atoms with Gasteiger partial charge in [-0.3, -0.25) is 4.79 Å². The van der Waals surface area contributed by atoms with E-state index < -0.39 is 0 Å². The predicted molar refractivity (Wildman–Crippen MR) is 91.5 cm³/mol. The van der Waals surface area contributed by atoms with Crippen LogP contribution >= 0.6 is 11.6 Å². The van der Waals surface area contributed by atoms with Crippen molar-refractivity contribution in [3.8, 4) is 0 Å². The second-order valence-electron chi connectivity index (χ2n) is 6.05. The van der Waals surface area contributed by atoms with Crippen LogP contribution in [-0.4, -0.2) is 27.3 Å². The van der Waals surface area contributed by atoms with Gasteiger partial charge in [0.25, 0.3) is 0 Å². The second kappa shape index (κ2) is 5.78. The minimum Gasteiger partial charge on any atom is -0.363 e. The molecule has 0 bridgehead atoms. The van der Waals surface area contributed by atoms with Crippen LogP contribution in [0.1, 0.15) is 30.1 Å². The number of halogens is 1. The molecule has 0 radical (unpaired) electrons. The van der Waals surface area contributed by atoms with Crippen molar-refractivity contribution in [3.05, 3.63) is 59.0 Å². The molecular weight excluding hydrogens is 310 g/mol. The summed E-state index contributed by atoms with van der Waals surface area (Å²) in [7, 11) is 0. The van der Waals surface area contributed by atoms with Gasteiger partial charge in [-0.2, -0.15) is 0 Å². The molecule has 0 spiro atoms. The van der Waals surface area contributed by atoms with Crippen LogP contribution in [0.25, 0.3) is 10.9 Å². The number of carbonyl (C=O) groups excluding carboxylic acids is 1. The molecule has 2 aromatic heterocycles. The molecule has 3 heterocycles. The minimum absolute atomic E-state index is 0.178. The number of likely N-dealkylation sites (tertiary alicyclic amines) is 1. The Labute approximate surface area is 139 Å². The van der Waals surface area contributed by atoms with Crippen molar-refractivity contribution in [1.29, 1.82) is 0 Å². The number of H-pyrrole nitrogens is 2. The number of carbonyl (C=O) groups is 1. The maximum Gasteiger partial charge on any atom is 0.227 e. The molecule has 1 aliphatic heterocycles. The van der Waals surface area contributed by atoms with Crippen molar-refractivity contribution >= 4 is 28.4 Å². The zero-order chi connectivity index (χ0) is 15.8. The van der Waals surface area contributed by atoms with Crippen LogP contribution in [-0.2, 0) is 11.2 Å². The van der Waals surface area contributed by atoms with Crippen LogP contribution in [0.2, 0.25) is 5.02 Å². The molecule has 5 heteroatoms. The maximum atomic E-state index is 12.8. The van der Waals surface area contributed by atoms with Crippen LogP contribution in [0.3, 0.4) is 0 Å². The highest BCUT2D eigenvalue weighted by Crippen LogP contribution is 2.32. The molecule has 4 nitrogen and oxygen atoms in total. The summed E-state index contributed by atoms with van der Waals surface area (Å²) in [4.78, 5) is 21.2. The average molecular weight is 328 g/mol. The lowest BCUT2D eigenvalue weighted by Crippen LogP contribution is -2.31.